The van der Waals surface area contributed by atoms with E-state index < -0.39 is 11.6 Å². The van der Waals surface area contributed by atoms with Gasteiger partial charge in [-0.25, -0.2) is 9.78 Å². The van der Waals surface area contributed by atoms with Crippen molar-refractivity contribution in [3.05, 3.63) is 75.2 Å². The van der Waals surface area contributed by atoms with Gasteiger partial charge in [0.1, 0.15) is 5.01 Å². The number of carbonyl (C=O) groups excluding carboxylic acids is 1. The molecule has 0 bridgehead atoms. The molecular formula is C26H24BrClFNO3S. The second-order valence-corrected chi connectivity index (χ2v) is 11.1. The number of carbonyl (C=O) groups is 1. The molecule has 1 aromatic heterocycles. The van der Waals surface area contributed by atoms with Crippen molar-refractivity contribution in [3.8, 4) is 21.7 Å². The molecule has 4 rings (SSSR count). The zero-order chi connectivity index (χ0) is 25.0. The van der Waals surface area contributed by atoms with Gasteiger partial charge in [-0.05, 0) is 74.7 Å². The van der Waals surface area contributed by atoms with Crippen LogP contribution in [-0.2, 0) is 16.2 Å². The van der Waals surface area contributed by atoms with Gasteiger partial charge in [0.2, 0.25) is 0 Å². The van der Waals surface area contributed by atoms with Gasteiger partial charge in [-0.15, -0.1) is 11.3 Å². The maximum Gasteiger partial charge on any atom is 0.353 e. The molecule has 0 fully saturated rings. The third-order valence-electron chi connectivity index (χ3n) is 4.64. The number of halogens is 3. The van der Waals surface area contributed by atoms with Gasteiger partial charge >= 0.3 is 5.97 Å². The van der Waals surface area contributed by atoms with E-state index in [4.69, 9.17) is 21.7 Å². The fourth-order valence-corrected chi connectivity index (χ4v) is 4.81. The molecule has 4 aromatic rings. The first-order valence-corrected chi connectivity index (χ1v) is 12.4. The summed E-state index contributed by atoms with van der Waals surface area (Å²) >= 11 is 11.0. The molecule has 1 N–H and O–H groups in total. The van der Waals surface area contributed by atoms with Crippen LogP contribution in [0, 0.1) is 6.92 Å². The molecule has 0 spiro atoms. The van der Waals surface area contributed by atoms with Gasteiger partial charge in [-0.3, -0.25) is 4.94 Å². The highest BCUT2D eigenvalue weighted by Gasteiger charge is 2.20. The Bertz CT molecular complexity index is 1290. The maximum absolute atomic E-state index is 12.5. The number of aryl methyl sites for hydroxylation is 1. The summed E-state index contributed by atoms with van der Waals surface area (Å²) in [5, 5.41) is 10.0. The largest absolute Gasteiger partial charge is 0.391 e. The lowest BCUT2D eigenvalue weighted by Crippen LogP contribution is -2.10. The van der Waals surface area contributed by atoms with Crippen molar-refractivity contribution in [3.63, 3.8) is 0 Å². The Balaban J connectivity index is 0.000000588. The van der Waals surface area contributed by atoms with Gasteiger partial charge in [0.25, 0.3) is 0 Å². The molecular weight excluding hydrogens is 541 g/mol. The van der Waals surface area contributed by atoms with Crippen LogP contribution in [0.1, 0.15) is 31.9 Å². The Morgan fingerprint density at radius 3 is 2.24 bits per heavy atom. The number of benzene rings is 3. The molecule has 0 radical (unpaired) electrons. The standard InChI is InChI=1S/C22H14BrClFNO2S.C4H10O/c1-12-10-18-21(29-22(26-18)14-2-6-15(23)7-3-14)20(17(12)11-19(27)28-25)13-4-8-16(24)9-5-13;1-4(2,3)5/h2-10H,11H2,1H3;5H,1-3H3. The van der Waals surface area contributed by atoms with Crippen LogP contribution in [0.25, 0.3) is 31.9 Å². The van der Waals surface area contributed by atoms with E-state index in [1.165, 1.54) is 11.3 Å². The van der Waals surface area contributed by atoms with E-state index in [9.17, 15) is 9.32 Å². The van der Waals surface area contributed by atoms with Crippen molar-refractivity contribution >= 4 is 55.1 Å². The topological polar surface area (TPSA) is 59.4 Å². The van der Waals surface area contributed by atoms with Crippen molar-refractivity contribution < 1.29 is 19.4 Å². The summed E-state index contributed by atoms with van der Waals surface area (Å²) in [6.07, 6.45) is -0.165. The fourth-order valence-electron chi connectivity index (χ4n) is 3.27. The van der Waals surface area contributed by atoms with E-state index in [1.54, 1.807) is 32.9 Å². The fraction of sp³-hybridized carbons (Fsp3) is 0.231. The minimum absolute atomic E-state index is 0.165. The Labute approximate surface area is 215 Å². The van der Waals surface area contributed by atoms with Crippen molar-refractivity contribution in [2.75, 3.05) is 0 Å². The predicted molar refractivity (Wildman–Crippen MR) is 141 cm³/mol. The third-order valence-corrected chi connectivity index (χ3v) is 6.56. The van der Waals surface area contributed by atoms with Crippen molar-refractivity contribution in [2.24, 2.45) is 0 Å². The normalized spacial score (nSPS) is 11.2. The summed E-state index contributed by atoms with van der Waals surface area (Å²) in [7, 11) is 0. The van der Waals surface area contributed by atoms with E-state index in [-0.39, 0.29) is 6.42 Å². The van der Waals surface area contributed by atoms with E-state index in [0.717, 1.165) is 42.0 Å². The van der Waals surface area contributed by atoms with Gasteiger partial charge < -0.3 is 5.11 Å². The number of hydrogen-bond acceptors (Lipinski definition) is 5. The number of aromatic nitrogens is 1. The molecule has 0 saturated heterocycles. The number of fused-ring (bicyclic) bond motifs is 1. The monoisotopic (exact) mass is 563 g/mol. The number of hydrogen-bond donors (Lipinski definition) is 1. The summed E-state index contributed by atoms with van der Waals surface area (Å²) in [5.41, 5.74) is 4.62. The average molecular weight is 565 g/mol. The third kappa shape index (κ3) is 6.85. The van der Waals surface area contributed by atoms with Crippen LogP contribution in [0.4, 0.5) is 4.53 Å². The Morgan fingerprint density at radius 2 is 1.68 bits per heavy atom. The van der Waals surface area contributed by atoms with Crippen LogP contribution in [0.15, 0.2) is 59.1 Å². The quantitative estimate of drug-likeness (QED) is 0.272. The van der Waals surface area contributed by atoms with Gasteiger partial charge in [0.15, 0.2) is 0 Å². The molecule has 0 aliphatic heterocycles. The van der Waals surface area contributed by atoms with Crippen LogP contribution in [0.2, 0.25) is 5.02 Å². The Morgan fingerprint density at radius 1 is 1.12 bits per heavy atom. The van der Waals surface area contributed by atoms with Gasteiger partial charge in [0, 0.05) is 25.1 Å². The smallest absolute Gasteiger partial charge is 0.353 e. The summed E-state index contributed by atoms with van der Waals surface area (Å²) in [5.74, 6) is -0.930. The van der Waals surface area contributed by atoms with Gasteiger partial charge in [-0.1, -0.05) is 51.8 Å². The van der Waals surface area contributed by atoms with Crippen molar-refractivity contribution in [2.45, 2.75) is 39.7 Å². The lowest BCUT2D eigenvalue weighted by atomic mass is 9.93. The zero-order valence-electron chi connectivity index (χ0n) is 19.2. The lowest BCUT2D eigenvalue weighted by Gasteiger charge is -2.13. The molecule has 0 aliphatic carbocycles. The molecule has 0 saturated carbocycles. The summed E-state index contributed by atoms with van der Waals surface area (Å²) in [4.78, 5) is 20.0. The number of aliphatic hydroxyl groups is 1. The second-order valence-electron chi connectivity index (χ2n) is 8.72. The zero-order valence-corrected chi connectivity index (χ0v) is 22.3. The molecule has 34 heavy (non-hydrogen) atoms. The number of nitrogens with zero attached hydrogens (tertiary/aromatic N) is 1. The van der Waals surface area contributed by atoms with E-state index >= 15 is 0 Å². The summed E-state index contributed by atoms with van der Waals surface area (Å²) in [6.45, 7) is 7.12. The van der Waals surface area contributed by atoms with Gasteiger partial charge in [-0.2, -0.15) is 0 Å². The van der Waals surface area contributed by atoms with Gasteiger partial charge in [0.05, 0.1) is 22.2 Å². The van der Waals surface area contributed by atoms with Crippen LogP contribution in [0.3, 0.4) is 0 Å². The minimum atomic E-state index is -0.930. The SMILES string of the molecule is CC(C)(C)O.Cc1cc2nc(-c3ccc(Br)cc3)sc2c(-c2ccc(Cl)cc2)c1CC(=O)OF. The van der Waals surface area contributed by atoms with E-state index in [2.05, 4.69) is 20.9 Å². The highest BCUT2D eigenvalue weighted by molar-refractivity contribution is 9.10. The summed E-state index contributed by atoms with van der Waals surface area (Å²) in [6, 6.07) is 17.2. The minimum Gasteiger partial charge on any atom is -0.391 e. The predicted octanol–water partition coefficient (Wildman–Crippen LogP) is 8.10. The molecule has 178 valence electrons. The van der Waals surface area contributed by atoms with Crippen LogP contribution in [0.5, 0.6) is 0 Å². The first-order chi connectivity index (χ1) is 16.0. The first-order valence-electron chi connectivity index (χ1n) is 10.4. The molecule has 0 amide bonds. The maximum atomic E-state index is 12.5. The molecule has 4 nitrogen and oxygen atoms in total. The van der Waals surface area contributed by atoms with Crippen molar-refractivity contribution in [1.29, 1.82) is 0 Å². The molecule has 3 aromatic carbocycles. The lowest BCUT2D eigenvalue weighted by molar-refractivity contribution is -0.182. The van der Waals surface area contributed by atoms with E-state index in [1.807, 2.05) is 49.4 Å². The molecule has 0 unspecified atom stereocenters. The van der Waals surface area contributed by atoms with Crippen molar-refractivity contribution in [1.82, 2.24) is 4.98 Å². The van der Waals surface area contributed by atoms with Crippen LogP contribution >= 0.6 is 38.9 Å². The highest BCUT2D eigenvalue weighted by Crippen LogP contribution is 2.41. The molecule has 8 heteroatoms. The average Bonchev–Trinajstić information content (AvgIpc) is 3.17. The Hall–Kier alpha value is -2.32. The van der Waals surface area contributed by atoms with E-state index in [0.29, 0.717) is 10.6 Å². The summed E-state index contributed by atoms with van der Waals surface area (Å²) < 4.78 is 14.4. The van der Waals surface area contributed by atoms with Crippen LogP contribution in [-0.4, -0.2) is 21.7 Å². The number of rotatable bonds is 4. The number of thiazole rings is 1. The van der Waals surface area contributed by atoms with Crippen LogP contribution < -0.4 is 0 Å². The Kier molecular flexibility index (Phi) is 8.47. The molecule has 0 aliphatic rings. The molecule has 0 atom stereocenters. The second kappa shape index (κ2) is 11.0. The first kappa shape index (κ1) is 26.3. The molecule has 1 heterocycles. The highest BCUT2D eigenvalue weighted by atomic mass is 79.9.